The van der Waals surface area contributed by atoms with Gasteiger partial charge in [-0.05, 0) is 48.9 Å². The second kappa shape index (κ2) is 9.96. The molecule has 7 nitrogen and oxygen atoms in total. The van der Waals surface area contributed by atoms with E-state index in [0.717, 1.165) is 5.56 Å². The van der Waals surface area contributed by atoms with Crippen LogP contribution in [-0.4, -0.2) is 45.4 Å². The molecule has 0 bridgehead atoms. The molecule has 1 N–H and O–H groups in total. The molecule has 0 aromatic heterocycles. The van der Waals surface area contributed by atoms with Crippen molar-refractivity contribution in [2.24, 2.45) is 0 Å². The average molecular weight is 441 g/mol. The van der Waals surface area contributed by atoms with Crippen LogP contribution in [0, 0.1) is 6.92 Å². The molecule has 29 heavy (non-hydrogen) atoms. The fraction of sp³-hybridized carbons (Fsp3) is 0.350. The lowest BCUT2D eigenvalue weighted by Gasteiger charge is -2.19. The lowest BCUT2D eigenvalue weighted by Crippen LogP contribution is -2.30. The molecule has 0 saturated heterocycles. The van der Waals surface area contributed by atoms with Crippen LogP contribution in [0.5, 0.6) is 11.5 Å². The predicted molar refractivity (Wildman–Crippen MR) is 113 cm³/mol. The first-order valence-corrected chi connectivity index (χ1v) is 10.9. The van der Waals surface area contributed by atoms with Crippen molar-refractivity contribution in [3.8, 4) is 11.5 Å². The zero-order chi connectivity index (χ0) is 21.6. The van der Waals surface area contributed by atoms with Gasteiger partial charge in [-0.3, -0.25) is 4.79 Å². The number of nitrogens with one attached hydrogen (secondary N) is 1. The van der Waals surface area contributed by atoms with Crippen molar-refractivity contribution >= 4 is 33.2 Å². The monoisotopic (exact) mass is 440 g/mol. The Morgan fingerprint density at radius 3 is 2.34 bits per heavy atom. The van der Waals surface area contributed by atoms with Crippen LogP contribution < -0.4 is 14.8 Å². The Morgan fingerprint density at radius 1 is 1.10 bits per heavy atom. The maximum Gasteiger partial charge on any atom is 0.262 e. The number of hydrogen-bond donors (Lipinski definition) is 1. The lowest BCUT2D eigenvalue weighted by molar-refractivity contribution is -0.118. The van der Waals surface area contributed by atoms with Gasteiger partial charge < -0.3 is 14.8 Å². The fourth-order valence-corrected chi connectivity index (χ4v) is 4.47. The number of halogens is 1. The zero-order valence-corrected chi connectivity index (χ0v) is 18.4. The van der Waals surface area contributed by atoms with E-state index < -0.39 is 15.9 Å². The summed E-state index contributed by atoms with van der Waals surface area (Å²) in [4.78, 5) is 12.4. The first kappa shape index (κ1) is 23.0. The Bertz CT molecular complexity index is 975. The third-order valence-corrected chi connectivity index (χ3v) is 6.56. The second-order valence-electron chi connectivity index (χ2n) is 6.20. The summed E-state index contributed by atoms with van der Waals surface area (Å²) in [6, 6.07) is 9.44. The van der Waals surface area contributed by atoms with Gasteiger partial charge in [0.1, 0.15) is 11.5 Å². The lowest BCUT2D eigenvalue weighted by atomic mass is 10.2. The van der Waals surface area contributed by atoms with E-state index in [-0.39, 0.29) is 17.2 Å². The molecule has 1 amide bonds. The molecule has 9 heteroatoms. The average Bonchev–Trinajstić information content (AvgIpc) is 2.68. The van der Waals surface area contributed by atoms with Crippen LogP contribution in [0.15, 0.2) is 41.3 Å². The number of carbonyl (C=O) groups excluding carboxylic acids is 1. The van der Waals surface area contributed by atoms with Gasteiger partial charge in [-0.25, -0.2) is 8.42 Å². The van der Waals surface area contributed by atoms with Crippen molar-refractivity contribution in [2.75, 3.05) is 32.1 Å². The Balaban J connectivity index is 2.19. The summed E-state index contributed by atoms with van der Waals surface area (Å²) < 4.78 is 37.6. The summed E-state index contributed by atoms with van der Waals surface area (Å²) in [6.45, 7) is 5.80. The van der Waals surface area contributed by atoms with Crippen molar-refractivity contribution in [1.29, 1.82) is 0 Å². The molecule has 2 aromatic rings. The van der Waals surface area contributed by atoms with E-state index in [0.29, 0.717) is 29.6 Å². The van der Waals surface area contributed by atoms with Gasteiger partial charge in [0.25, 0.3) is 5.91 Å². The van der Waals surface area contributed by atoms with E-state index in [9.17, 15) is 13.2 Å². The van der Waals surface area contributed by atoms with E-state index in [4.69, 9.17) is 21.1 Å². The molecule has 0 spiro atoms. The van der Waals surface area contributed by atoms with E-state index >= 15 is 0 Å². The van der Waals surface area contributed by atoms with E-state index in [1.165, 1.54) is 29.6 Å². The van der Waals surface area contributed by atoms with Gasteiger partial charge in [-0.15, -0.1) is 0 Å². The number of nitrogens with zero attached hydrogens (tertiary/aromatic N) is 1. The van der Waals surface area contributed by atoms with Crippen molar-refractivity contribution in [2.45, 2.75) is 25.7 Å². The minimum Gasteiger partial charge on any atom is -0.495 e. The predicted octanol–water partition coefficient (Wildman–Crippen LogP) is 3.71. The molecular weight excluding hydrogens is 416 g/mol. The number of carbonyl (C=O) groups is 1. The first-order chi connectivity index (χ1) is 13.7. The minimum absolute atomic E-state index is 0.0757. The van der Waals surface area contributed by atoms with Gasteiger partial charge >= 0.3 is 0 Å². The summed E-state index contributed by atoms with van der Waals surface area (Å²) >= 11 is 5.91. The number of methoxy groups -OCH3 is 1. The first-order valence-electron chi connectivity index (χ1n) is 9.09. The Hall–Kier alpha value is -2.29. The topological polar surface area (TPSA) is 84.9 Å². The number of hydrogen-bond acceptors (Lipinski definition) is 5. The largest absolute Gasteiger partial charge is 0.495 e. The quantitative estimate of drug-likeness (QED) is 0.642. The molecule has 0 aliphatic carbocycles. The number of anilines is 1. The fourth-order valence-electron chi connectivity index (χ4n) is 2.76. The SMILES string of the molecule is CCN(CC)S(=O)(=O)c1ccc(OC)c(NC(=O)COc2ccc(Cl)cc2C)c1. The van der Waals surface area contributed by atoms with E-state index in [2.05, 4.69) is 5.32 Å². The van der Waals surface area contributed by atoms with Gasteiger partial charge in [-0.2, -0.15) is 4.31 Å². The van der Waals surface area contributed by atoms with Crippen LogP contribution in [0.2, 0.25) is 5.02 Å². The molecule has 0 saturated carbocycles. The molecule has 0 atom stereocenters. The summed E-state index contributed by atoms with van der Waals surface area (Å²) in [5.74, 6) is 0.434. The van der Waals surface area contributed by atoms with Crippen LogP contribution >= 0.6 is 11.6 Å². The van der Waals surface area contributed by atoms with Gasteiger partial charge in [0.05, 0.1) is 17.7 Å². The smallest absolute Gasteiger partial charge is 0.262 e. The van der Waals surface area contributed by atoms with Gasteiger partial charge in [0.15, 0.2) is 6.61 Å². The molecule has 0 fully saturated rings. The number of rotatable bonds is 9. The summed E-state index contributed by atoms with van der Waals surface area (Å²) in [6.07, 6.45) is 0. The van der Waals surface area contributed by atoms with Gasteiger partial charge in [-0.1, -0.05) is 25.4 Å². The third kappa shape index (κ3) is 5.62. The molecule has 2 rings (SSSR count). The Kier molecular flexibility index (Phi) is 7.89. The van der Waals surface area contributed by atoms with Crippen LogP contribution in [-0.2, 0) is 14.8 Å². The second-order valence-corrected chi connectivity index (χ2v) is 8.57. The summed E-state index contributed by atoms with van der Waals surface area (Å²) in [5.41, 5.74) is 1.05. The number of amides is 1. The molecule has 0 aliphatic rings. The van der Waals surface area contributed by atoms with Crippen LogP contribution in [0.3, 0.4) is 0 Å². The van der Waals surface area contributed by atoms with Gasteiger partial charge in [0.2, 0.25) is 10.0 Å². The molecule has 0 aliphatic heterocycles. The van der Waals surface area contributed by atoms with E-state index in [1.54, 1.807) is 32.0 Å². The van der Waals surface area contributed by atoms with Gasteiger partial charge in [0, 0.05) is 18.1 Å². The highest BCUT2D eigenvalue weighted by Crippen LogP contribution is 2.29. The molecule has 158 valence electrons. The van der Waals surface area contributed by atoms with Crippen LogP contribution in [0.4, 0.5) is 5.69 Å². The van der Waals surface area contributed by atoms with Crippen LogP contribution in [0.25, 0.3) is 0 Å². The molecule has 0 unspecified atom stereocenters. The molecule has 0 heterocycles. The zero-order valence-electron chi connectivity index (χ0n) is 16.9. The number of aryl methyl sites for hydroxylation is 1. The molecule has 0 radical (unpaired) electrons. The summed E-state index contributed by atoms with van der Waals surface area (Å²) in [7, 11) is -2.23. The number of sulfonamides is 1. The van der Waals surface area contributed by atoms with Crippen molar-refractivity contribution in [1.82, 2.24) is 4.31 Å². The van der Waals surface area contributed by atoms with Crippen molar-refractivity contribution in [3.05, 3.63) is 47.0 Å². The number of benzene rings is 2. The maximum absolute atomic E-state index is 12.7. The molecular formula is C20H25ClN2O5S. The van der Waals surface area contributed by atoms with Crippen LogP contribution in [0.1, 0.15) is 19.4 Å². The third-order valence-electron chi connectivity index (χ3n) is 4.28. The van der Waals surface area contributed by atoms with Crippen molar-refractivity contribution in [3.63, 3.8) is 0 Å². The Labute approximate surface area is 176 Å². The minimum atomic E-state index is -3.67. The maximum atomic E-state index is 12.7. The van der Waals surface area contributed by atoms with E-state index in [1.807, 2.05) is 6.92 Å². The standard InChI is InChI=1S/C20H25ClN2O5S/c1-5-23(6-2)29(25,26)16-8-10-19(27-4)17(12-16)22-20(24)13-28-18-9-7-15(21)11-14(18)3/h7-12H,5-6,13H2,1-4H3,(H,22,24). The highest BCUT2D eigenvalue weighted by Gasteiger charge is 2.23. The Morgan fingerprint density at radius 2 is 1.76 bits per heavy atom. The number of ether oxygens (including phenoxy) is 2. The highest BCUT2D eigenvalue weighted by atomic mass is 35.5. The summed E-state index contributed by atoms with van der Waals surface area (Å²) in [5, 5.41) is 3.23. The highest BCUT2D eigenvalue weighted by molar-refractivity contribution is 7.89. The normalized spacial score (nSPS) is 11.4. The molecule has 2 aromatic carbocycles. The van der Waals surface area contributed by atoms with Crippen molar-refractivity contribution < 1.29 is 22.7 Å².